The van der Waals surface area contributed by atoms with Crippen LogP contribution in [0.4, 0.5) is 5.82 Å². The molecule has 1 unspecified atom stereocenters. The molecule has 2 aromatic heterocycles. The number of carbonyl (C=O) groups excluding carboxylic acids is 1. The molecule has 25 heavy (non-hydrogen) atoms. The van der Waals surface area contributed by atoms with Crippen LogP contribution in [0.25, 0.3) is 5.65 Å². The third-order valence-electron chi connectivity index (χ3n) is 5.30. The van der Waals surface area contributed by atoms with Gasteiger partial charge in [0.2, 0.25) is 5.91 Å². The number of nitrogens with zero attached hydrogens (tertiary/aromatic N) is 6. The first-order chi connectivity index (χ1) is 12.1. The highest BCUT2D eigenvalue weighted by atomic mass is 16.2. The number of piperidine rings is 1. The first-order valence-electron chi connectivity index (χ1n) is 9.39. The molecule has 0 aromatic carbocycles. The minimum Gasteiger partial charge on any atom is -0.354 e. The number of amides is 1. The van der Waals surface area contributed by atoms with Gasteiger partial charge in [0, 0.05) is 32.1 Å². The molecule has 0 aliphatic carbocycles. The lowest BCUT2D eigenvalue weighted by Crippen LogP contribution is -2.44. The van der Waals surface area contributed by atoms with Gasteiger partial charge in [-0.05, 0) is 37.8 Å². The standard InChI is InChI=1S/C18H26N6O/c1-13(2)17-20-19-15-7-8-16(21-24(15)17)23-11-5-6-14(12-23)18(25)22-9-3-4-10-22/h7-8,13-14H,3-6,9-12H2,1-2H3. The second-order valence-corrected chi connectivity index (χ2v) is 7.49. The van der Waals surface area contributed by atoms with Crippen molar-refractivity contribution < 1.29 is 4.79 Å². The van der Waals surface area contributed by atoms with E-state index in [2.05, 4.69) is 28.9 Å². The molecule has 4 heterocycles. The molecule has 1 atom stereocenters. The molecule has 0 N–H and O–H groups in total. The quantitative estimate of drug-likeness (QED) is 0.854. The highest BCUT2D eigenvalue weighted by Crippen LogP contribution is 2.25. The van der Waals surface area contributed by atoms with Crippen LogP contribution in [-0.4, -0.2) is 56.8 Å². The summed E-state index contributed by atoms with van der Waals surface area (Å²) in [5, 5.41) is 13.2. The maximum Gasteiger partial charge on any atom is 0.227 e. The summed E-state index contributed by atoms with van der Waals surface area (Å²) < 4.78 is 1.84. The Hall–Kier alpha value is -2.18. The lowest BCUT2D eigenvalue weighted by atomic mass is 9.96. The zero-order valence-electron chi connectivity index (χ0n) is 15.1. The van der Waals surface area contributed by atoms with E-state index in [1.54, 1.807) is 0 Å². The molecule has 7 heteroatoms. The van der Waals surface area contributed by atoms with Crippen molar-refractivity contribution in [3.05, 3.63) is 18.0 Å². The fourth-order valence-electron chi connectivity index (χ4n) is 3.91. The van der Waals surface area contributed by atoms with Crippen molar-refractivity contribution in [2.24, 2.45) is 5.92 Å². The fourth-order valence-corrected chi connectivity index (χ4v) is 3.91. The summed E-state index contributed by atoms with van der Waals surface area (Å²) in [6.45, 7) is 7.75. The molecule has 7 nitrogen and oxygen atoms in total. The third-order valence-corrected chi connectivity index (χ3v) is 5.30. The van der Waals surface area contributed by atoms with Crippen molar-refractivity contribution in [2.45, 2.75) is 45.4 Å². The summed E-state index contributed by atoms with van der Waals surface area (Å²) >= 11 is 0. The van der Waals surface area contributed by atoms with E-state index in [0.29, 0.717) is 5.91 Å². The number of fused-ring (bicyclic) bond motifs is 1. The zero-order chi connectivity index (χ0) is 17.4. The topological polar surface area (TPSA) is 66.6 Å². The van der Waals surface area contributed by atoms with Gasteiger partial charge in [0.05, 0.1) is 5.92 Å². The van der Waals surface area contributed by atoms with Crippen molar-refractivity contribution in [1.82, 2.24) is 24.7 Å². The van der Waals surface area contributed by atoms with Gasteiger partial charge in [0.15, 0.2) is 11.5 Å². The Morgan fingerprint density at radius 3 is 2.68 bits per heavy atom. The largest absolute Gasteiger partial charge is 0.354 e. The maximum atomic E-state index is 12.7. The second kappa shape index (κ2) is 6.61. The monoisotopic (exact) mass is 342 g/mol. The van der Waals surface area contributed by atoms with Gasteiger partial charge >= 0.3 is 0 Å². The molecular weight excluding hydrogens is 316 g/mol. The van der Waals surface area contributed by atoms with Gasteiger partial charge in [0.25, 0.3) is 0 Å². The van der Waals surface area contributed by atoms with Gasteiger partial charge in [-0.2, -0.15) is 4.52 Å². The van der Waals surface area contributed by atoms with Crippen molar-refractivity contribution in [2.75, 3.05) is 31.1 Å². The van der Waals surface area contributed by atoms with Gasteiger partial charge in [0.1, 0.15) is 5.82 Å². The van der Waals surface area contributed by atoms with Gasteiger partial charge < -0.3 is 9.80 Å². The molecule has 0 spiro atoms. The normalized spacial score (nSPS) is 21.5. The van der Waals surface area contributed by atoms with E-state index < -0.39 is 0 Å². The van der Waals surface area contributed by atoms with Gasteiger partial charge in [-0.25, -0.2) is 0 Å². The summed E-state index contributed by atoms with van der Waals surface area (Å²) in [4.78, 5) is 17.0. The Morgan fingerprint density at radius 2 is 1.92 bits per heavy atom. The highest BCUT2D eigenvalue weighted by molar-refractivity contribution is 5.80. The summed E-state index contributed by atoms with van der Waals surface area (Å²) in [6.07, 6.45) is 4.30. The molecule has 2 fully saturated rings. The first kappa shape index (κ1) is 16.3. The van der Waals surface area contributed by atoms with Crippen LogP contribution in [0, 0.1) is 5.92 Å². The van der Waals surface area contributed by atoms with Crippen molar-refractivity contribution in [3.63, 3.8) is 0 Å². The predicted molar refractivity (Wildman–Crippen MR) is 95.6 cm³/mol. The van der Waals surface area contributed by atoms with Crippen LogP contribution in [-0.2, 0) is 4.79 Å². The Bertz CT molecular complexity index is 764. The minimum absolute atomic E-state index is 0.0924. The van der Waals surface area contributed by atoms with Crippen molar-refractivity contribution in [1.29, 1.82) is 0 Å². The van der Waals surface area contributed by atoms with E-state index in [9.17, 15) is 4.79 Å². The predicted octanol–water partition coefficient (Wildman–Crippen LogP) is 2.09. The molecule has 2 aromatic rings. The van der Waals surface area contributed by atoms with E-state index in [4.69, 9.17) is 5.10 Å². The number of hydrogen-bond donors (Lipinski definition) is 0. The molecular formula is C18H26N6O. The van der Waals surface area contributed by atoms with Crippen LogP contribution in [0.3, 0.4) is 0 Å². The zero-order valence-corrected chi connectivity index (χ0v) is 15.1. The molecule has 2 saturated heterocycles. The second-order valence-electron chi connectivity index (χ2n) is 7.49. The van der Waals surface area contributed by atoms with E-state index in [1.807, 2.05) is 21.5 Å². The summed E-state index contributed by atoms with van der Waals surface area (Å²) in [5.74, 6) is 2.47. The number of hydrogen-bond acceptors (Lipinski definition) is 5. The fraction of sp³-hybridized carbons (Fsp3) is 0.667. The number of aromatic nitrogens is 4. The Balaban J connectivity index is 1.55. The summed E-state index contributed by atoms with van der Waals surface area (Å²) in [6, 6.07) is 3.96. The Morgan fingerprint density at radius 1 is 1.12 bits per heavy atom. The van der Waals surface area contributed by atoms with E-state index in [1.165, 1.54) is 0 Å². The number of carbonyl (C=O) groups is 1. The number of anilines is 1. The van der Waals surface area contributed by atoms with Gasteiger partial charge in [-0.3, -0.25) is 4.79 Å². The SMILES string of the molecule is CC(C)c1nnc2ccc(N3CCCC(C(=O)N4CCCC4)C3)nn12. The van der Waals surface area contributed by atoms with E-state index >= 15 is 0 Å². The van der Waals surface area contributed by atoms with Crippen LogP contribution < -0.4 is 4.90 Å². The highest BCUT2D eigenvalue weighted by Gasteiger charge is 2.31. The van der Waals surface area contributed by atoms with E-state index in [-0.39, 0.29) is 11.8 Å². The maximum absolute atomic E-state index is 12.7. The molecule has 0 radical (unpaired) electrons. The molecule has 2 aliphatic rings. The number of rotatable bonds is 3. The first-order valence-corrected chi connectivity index (χ1v) is 9.39. The lowest BCUT2D eigenvalue weighted by molar-refractivity contribution is -0.134. The van der Waals surface area contributed by atoms with Gasteiger partial charge in [-0.15, -0.1) is 15.3 Å². The van der Waals surface area contributed by atoms with Crippen molar-refractivity contribution in [3.8, 4) is 0 Å². The van der Waals surface area contributed by atoms with E-state index in [0.717, 1.165) is 69.2 Å². The summed E-state index contributed by atoms with van der Waals surface area (Å²) in [5.41, 5.74) is 0.772. The molecule has 0 saturated carbocycles. The van der Waals surface area contributed by atoms with Crippen molar-refractivity contribution >= 4 is 17.4 Å². The smallest absolute Gasteiger partial charge is 0.227 e. The lowest BCUT2D eigenvalue weighted by Gasteiger charge is -2.34. The molecule has 2 aliphatic heterocycles. The molecule has 4 rings (SSSR count). The number of likely N-dealkylation sites (tertiary alicyclic amines) is 1. The molecule has 1 amide bonds. The van der Waals surface area contributed by atoms with Crippen LogP contribution in [0.1, 0.15) is 51.3 Å². The van der Waals surface area contributed by atoms with Crippen LogP contribution in [0.15, 0.2) is 12.1 Å². The van der Waals surface area contributed by atoms with Crippen LogP contribution in [0.2, 0.25) is 0 Å². The minimum atomic E-state index is 0.0924. The van der Waals surface area contributed by atoms with Gasteiger partial charge in [-0.1, -0.05) is 13.8 Å². The Labute approximate surface area is 148 Å². The summed E-state index contributed by atoms with van der Waals surface area (Å²) in [7, 11) is 0. The third kappa shape index (κ3) is 3.07. The van der Waals surface area contributed by atoms with Crippen LogP contribution in [0.5, 0.6) is 0 Å². The average molecular weight is 342 g/mol. The average Bonchev–Trinajstić information content (AvgIpc) is 3.30. The Kier molecular flexibility index (Phi) is 4.31. The molecule has 0 bridgehead atoms. The van der Waals surface area contributed by atoms with Crippen LogP contribution >= 0.6 is 0 Å². The molecule has 134 valence electrons.